The van der Waals surface area contributed by atoms with Crippen LogP contribution in [0.4, 0.5) is 5.69 Å². The molecule has 3 aromatic rings. The number of para-hydroxylation sites is 1. The van der Waals surface area contributed by atoms with Crippen LogP contribution in [-0.2, 0) is 17.9 Å². The number of aryl methyl sites for hydroxylation is 1. The average Bonchev–Trinajstić information content (AvgIpc) is 3.23. The molecule has 3 rings (SSSR count). The summed E-state index contributed by atoms with van der Waals surface area (Å²) in [7, 11) is 3.94. The Bertz CT molecular complexity index is 1050. The van der Waals surface area contributed by atoms with Crippen molar-refractivity contribution in [3.8, 4) is 0 Å². The number of nitrogens with one attached hydrogen (secondary N) is 2. The van der Waals surface area contributed by atoms with Crippen LogP contribution in [0.1, 0.15) is 21.5 Å². The molecule has 32 heavy (non-hydrogen) atoms. The van der Waals surface area contributed by atoms with Crippen molar-refractivity contribution in [3.63, 3.8) is 0 Å². The fourth-order valence-electron chi connectivity index (χ4n) is 2.82. The number of hydrogen-bond acceptors (Lipinski definition) is 7. The van der Waals surface area contributed by atoms with Crippen LogP contribution >= 0.6 is 11.8 Å². The largest absolute Gasteiger partial charge is 0.348 e. The summed E-state index contributed by atoms with van der Waals surface area (Å²) in [6.07, 6.45) is 0. The van der Waals surface area contributed by atoms with Crippen molar-refractivity contribution < 1.29 is 9.59 Å². The van der Waals surface area contributed by atoms with E-state index < -0.39 is 0 Å². The first-order valence-electron chi connectivity index (χ1n) is 10.2. The number of carbonyl (C=O) groups is 2. The number of likely N-dealkylation sites (N-methyl/N-ethyl adjacent to an activating group) is 1. The van der Waals surface area contributed by atoms with Crippen LogP contribution in [-0.4, -0.2) is 63.3 Å². The lowest BCUT2D eigenvalue weighted by Crippen LogP contribution is -2.25. The van der Waals surface area contributed by atoms with Crippen LogP contribution in [0, 0.1) is 6.92 Å². The van der Waals surface area contributed by atoms with E-state index in [1.54, 1.807) is 28.9 Å². The molecular formula is C22H27N7O2S. The summed E-state index contributed by atoms with van der Waals surface area (Å²) in [6.45, 7) is 3.85. The van der Waals surface area contributed by atoms with Crippen molar-refractivity contribution in [1.29, 1.82) is 0 Å². The zero-order valence-corrected chi connectivity index (χ0v) is 19.2. The number of benzene rings is 2. The summed E-state index contributed by atoms with van der Waals surface area (Å²) in [6, 6.07) is 14.9. The van der Waals surface area contributed by atoms with Crippen molar-refractivity contribution in [1.82, 2.24) is 30.4 Å². The van der Waals surface area contributed by atoms with E-state index in [1.807, 2.05) is 50.2 Å². The number of thioether (sulfide) groups is 1. The summed E-state index contributed by atoms with van der Waals surface area (Å²) in [5.41, 5.74) is 3.05. The topological polar surface area (TPSA) is 105 Å². The molecule has 2 aromatic carbocycles. The number of anilines is 1. The van der Waals surface area contributed by atoms with E-state index in [1.165, 1.54) is 11.8 Å². The van der Waals surface area contributed by atoms with Gasteiger partial charge in [0, 0.05) is 13.1 Å². The smallest absolute Gasteiger partial charge is 0.253 e. The molecule has 0 radical (unpaired) electrons. The van der Waals surface area contributed by atoms with E-state index in [0.717, 1.165) is 17.7 Å². The average molecular weight is 454 g/mol. The molecule has 168 valence electrons. The zero-order valence-electron chi connectivity index (χ0n) is 18.4. The summed E-state index contributed by atoms with van der Waals surface area (Å²) in [4.78, 5) is 27.3. The minimum Gasteiger partial charge on any atom is -0.348 e. The molecule has 0 atom stereocenters. The van der Waals surface area contributed by atoms with Crippen molar-refractivity contribution in [2.45, 2.75) is 25.2 Å². The van der Waals surface area contributed by atoms with Gasteiger partial charge in [0.05, 0.1) is 23.5 Å². The van der Waals surface area contributed by atoms with Gasteiger partial charge in [-0.25, -0.2) is 4.68 Å². The van der Waals surface area contributed by atoms with Gasteiger partial charge in [-0.3, -0.25) is 9.59 Å². The molecule has 0 aliphatic heterocycles. The van der Waals surface area contributed by atoms with Gasteiger partial charge in [-0.2, -0.15) is 0 Å². The quantitative estimate of drug-likeness (QED) is 0.454. The summed E-state index contributed by atoms with van der Waals surface area (Å²) < 4.78 is 1.67. The zero-order chi connectivity index (χ0) is 22.9. The van der Waals surface area contributed by atoms with Gasteiger partial charge in [0.15, 0.2) is 0 Å². The third-order valence-corrected chi connectivity index (χ3v) is 5.57. The first-order valence-corrected chi connectivity index (χ1v) is 11.2. The van der Waals surface area contributed by atoms with Crippen molar-refractivity contribution in [2.24, 2.45) is 0 Å². The Morgan fingerprint density at radius 3 is 2.59 bits per heavy atom. The van der Waals surface area contributed by atoms with Crippen LogP contribution in [0.25, 0.3) is 0 Å². The molecule has 0 unspecified atom stereocenters. The van der Waals surface area contributed by atoms with Crippen LogP contribution in [0.3, 0.4) is 0 Å². The molecule has 0 aliphatic carbocycles. The lowest BCUT2D eigenvalue weighted by molar-refractivity contribution is -0.113. The summed E-state index contributed by atoms with van der Waals surface area (Å²) in [5.74, 6) is -0.362. The number of aromatic nitrogens is 4. The normalized spacial score (nSPS) is 10.9. The molecule has 9 nitrogen and oxygen atoms in total. The first kappa shape index (κ1) is 23.4. The monoisotopic (exact) mass is 453 g/mol. The highest BCUT2D eigenvalue weighted by Gasteiger charge is 2.15. The molecule has 0 spiro atoms. The highest BCUT2D eigenvalue weighted by Crippen LogP contribution is 2.18. The molecule has 0 aliphatic rings. The lowest BCUT2D eigenvalue weighted by atomic mass is 10.1. The third kappa shape index (κ3) is 6.89. The standard InChI is InChI=1S/C22H27N7O2S/c1-16-8-10-17(11-9-16)14-23-21(31)18-6-4-5-7-19(18)24-20(30)15-32-22-25-26-27-29(22)13-12-28(2)3/h4-11H,12-15H2,1-3H3,(H,23,31)(H,24,30). The summed E-state index contributed by atoms with van der Waals surface area (Å²) in [5, 5.41) is 17.9. The molecule has 0 saturated carbocycles. The van der Waals surface area contributed by atoms with Crippen molar-refractivity contribution in [3.05, 3.63) is 65.2 Å². The number of amides is 2. The molecular weight excluding hydrogens is 426 g/mol. The Hall–Kier alpha value is -3.24. The molecule has 0 bridgehead atoms. The van der Waals surface area contributed by atoms with Crippen LogP contribution in [0.5, 0.6) is 0 Å². The molecule has 0 saturated heterocycles. The minimum absolute atomic E-state index is 0.127. The van der Waals surface area contributed by atoms with E-state index in [9.17, 15) is 9.59 Å². The molecule has 2 amide bonds. The molecule has 0 fully saturated rings. The Labute approximate surface area is 191 Å². The van der Waals surface area contributed by atoms with Gasteiger partial charge in [0.1, 0.15) is 0 Å². The molecule has 1 aromatic heterocycles. The number of hydrogen-bond donors (Lipinski definition) is 2. The highest BCUT2D eigenvalue weighted by atomic mass is 32.2. The Kier molecular flexibility index (Phi) is 8.34. The Balaban J connectivity index is 1.56. The SMILES string of the molecule is Cc1ccc(CNC(=O)c2ccccc2NC(=O)CSc2nnnn2CCN(C)C)cc1. The van der Waals surface area contributed by atoms with Gasteiger partial charge in [0.2, 0.25) is 11.1 Å². The number of tetrazole rings is 1. The predicted octanol–water partition coefficient (Wildman–Crippen LogP) is 2.20. The van der Waals surface area contributed by atoms with E-state index >= 15 is 0 Å². The first-order chi connectivity index (χ1) is 15.4. The van der Waals surface area contributed by atoms with Crippen LogP contribution in [0.15, 0.2) is 53.7 Å². The maximum absolute atomic E-state index is 12.7. The van der Waals surface area contributed by atoms with Gasteiger partial charge in [-0.05, 0) is 49.1 Å². The van der Waals surface area contributed by atoms with Crippen LogP contribution < -0.4 is 10.6 Å². The van der Waals surface area contributed by atoms with Gasteiger partial charge >= 0.3 is 0 Å². The number of nitrogens with zero attached hydrogens (tertiary/aromatic N) is 5. The van der Waals surface area contributed by atoms with E-state index in [-0.39, 0.29) is 17.6 Å². The fraction of sp³-hybridized carbons (Fsp3) is 0.318. The maximum Gasteiger partial charge on any atom is 0.253 e. The van der Waals surface area contributed by atoms with Crippen molar-refractivity contribution in [2.75, 3.05) is 31.7 Å². The Morgan fingerprint density at radius 2 is 1.84 bits per heavy atom. The second-order valence-corrected chi connectivity index (χ2v) is 8.48. The van der Waals surface area contributed by atoms with Crippen molar-refractivity contribution >= 4 is 29.3 Å². The van der Waals surface area contributed by atoms with E-state index in [4.69, 9.17) is 0 Å². The lowest BCUT2D eigenvalue weighted by Gasteiger charge is -2.12. The third-order valence-electron chi connectivity index (χ3n) is 4.61. The van der Waals surface area contributed by atoms with Gasteiger partial charge < -0.3 is 15.5 Å². The molecule has 1 heterocycles. The number of rotatable bonds is 10. The van der Waals surface area contributed by atoms with Gasteiger partial charge in [0.25, 0.3) is 5.91 Å². The summed E-state index contributed by atoms with van der Waals surface area (Å²) >= 11 is 1.25. The second-order valence-electron chi connectivity index (χ2n) is 7.54. The van der Waals surface area contributed by atoms with E-state index in [0.29, 0.717) is 29.5 Å². The second kappa shape index (κ2) is 11.4. The predicted molar refractivity (Wildman–Crippen MR) is 125 cm³/mol. The fourth-order valence-corrected chi connectivity index (χ4v) is 3.53. The van der Waals surface area contributed by atoms with E-state index in [2.05, 4.69) is 26.2 Å². The van der Waals surface area contributed by atoms with Gasteiger partial charge in [-0.1, -0.05) is 53.7 Å². The maximum atomic E-state index is 12.7. The molecule has 2 N–H and O–H groups in total. The molecule has 10 heteroatoms. The minimum atomic E-state index is -0.248. The van der Waals surface area contributed by atoms with Crippen LogP contribution in [0.2, 0.25) is 0 Å². The van der Waals surface area contributed by atoms with Gasteiger partial charge in [-0.15, -0.1) is 5.10 Å². The highest BCUT2D eigenvalue weighted by molar-refractivity contribution is 7.99. The number of carbonyl (C=O) groups excluding carboxylic acids is 2. The Morgan fingerprint density at radius 1 is 1.09 bits per heavy atom.